The van der Waals surface area contributed by atoms with Crippen LogP contribution in [-0.2, 0) is 86.4 Å². The number of piperidine rings is 1. The predicted molar refractivity (Wildman–Crippen MR) is 407 cm³/mol. The number of hydrogen-bond acceptors (Lipinski definition) is 15. The third-order valence-electron chi connectivity index (χ3n) is 21.1. The van der Waals surface area contributed by atoms with Crippen molar-refractivity contribution in [2.24, 2.45) is 11.8 Å². The van der Waals surface area contributed by atoms with E-state index in [2.05, 4.69) is 21.3 Å². The van der Waals surface area contributed by atoms with Gasteiger partial charge in [0.2, 0.25) is 82.7 Å². The third kappa shape index (κ3) is 23.1. The molecule has 2 aliphatic rings. The highest BCUT2D eigenvalue weighted by Crippen LogP contribution is 2.23. The quantitative estimate of drug-likeness (QED) is 0.137. The van der Waals surface area contributed by atoms with Crippen LogP contribution in [0.15, 0.2) is 91.0 Å². The number of likely N-dealkylation sites (tertiary alicyclic amines) is 1. The van der Waals surface area contributed by atoms with E-state index in [0.29, 0.717) is 29.8 Å². The molecule has 0 unspecified atom stereocenters. The number of aliphatic hydroxyl groups is 1. The summed E-state index contributed by atoms with van der Waals surface area (Å²) >= 11 is 0. The van der Waals surface area contributed by atoms with E-state index in [1.54, 1.807) is 103 Å². The lowest BCUT2D eigenvalue weighted by Crippen LogP contribution is -2.62. The Morgan fingerprint density at radius 3 is 1.30 bits per heavy atom. The van der Waals surface area contributed by atoms with Crippen LogP contribution in [0, 0.1) is 11.8 Å². The Bertz CT molecular complexity index is 3640. The van der Waals surface area contributed by atoms with Gasteiger partial charge in [-0.1, -0.05) is 119 Å². The number of benzene rings is 3. The Morgan fingerprint density at radius 2 is 0.843 bits per heavy atom. The molecule has 29 nitrogen and oxygen atoms in total. The molecule has 0 radical (unpaired) electrons. The number of aliphatic hydroxyl groups excluding tert-OH is 1. The Labute approximate surface area is 637 Å². The summed E-state index contributed by atoms with van der Waals surface area (Å²) < 4.78 is 0. The van der Waals surface area contributed by atoms with Gasteiger partial charge in [0.1, 0.15) is 78.5 Å². The standard InChI is InChI=1S/C79H118N14O15/c1-47(2)41-60-67(96)80-49(5)71(100)92(20)64(42-48(3)4)78(107)86(14)53(9)75(104)90(18)63(45-58-37-29-23-30-38-58)70(99)83-66(55(11)94)79(108)87(15)54(10)76(105)89(17)62(44-57-35-27-22-28-36-57)69(98)82-59(46-65(95)84(12)51(7)73(102)85(13)52(8)74(103)88(60)16)77(106)91(19)61(43-56-33-25-21-26-34-56)68(97)81-50(6)72(101)93-39-31-24-32-40-93/h21-23,25-30,33-38,47-55,59-64,66,94H,24,31-32,39-46H2,1-20H3,(H,80,96)(H,81,97)(H,82,98)(H,83,99)/t49-,50-,51-,52-,53-,54-,55+,59-,60-,61-,62-,63-,64-,66-/m0/s1. The van der Waals surface area contributed by atoms with E-state index in [1.165, 1.54) is 115 Å². The molecule has 3 aromatic carbocycles. The molecule has 0 saturated carbocycles. The van der Waals surface area contributed by atoms with Gasteiger partial charge in [0, 0.05) is 95.8 Å². The van der Waals surface area contributed by atoms with E-state index in [-0.39, 0.29) is 49.8 Å². The lowest BCUT2D eigenvalue weighted by atomic mass is 9.99. The average molecular weight is 1500 g/mol. The number of carbonyl (C=O) groups is 14. The molecule has 2 heterocycles. The van der Waals surface area contributed by atoms with Gasteiger partial charge in [-0.3, -0.25) is 67.1 Å². The Kier molecular flexibility index (Phi) is 33.2. The first-order chi connectivity index (χ1) is 50.6. The molecular weight excluding hydrogens is 1380 g/mol. The van der Waals surface area contributed by atoms with Crippen LogP contribution in [0.25, 0.3) is 0 Å². The van der Waals surface area contributed by atoms with Gasteiger partial charge < -0.3 is 75.4 Å². The van der Waals surface area contributed by atoms with Crippen LogP contribution in [0.2, 0.25) is 0 Å². The molecule has 5 N–H and O–H groups in total. The first-order valence-corrected chi connectivity index (χ1v) is 37.3. The summed E-state index contributed by atoms with van der Waals surface area (Å²) in [6.07, 6.45) is -0.265. The predicted octanol–water partition coefficient (Wildman–Crippen LogP) is 2.11. The summed E-state index contributed by atoms with van der Waals surface area (Å²) in [5.74, 6) is -11.3. The van der Waals surface area contributed by atoms with E-state index in [1.807, 2.05) is 27.7 Å². The molecule has 0 aromatic heterocycles. The summed E-state index contributed by atoms with van der Waals surface area (Å²) in [4.78, 5) is 220. The second-order valence-corrected chi connectivity index (χ2v) is 30.0. The zero-order valence-corrected chi connectivity index (χ0v) is 66.8. The monoisotopic (exact) mass is 1500 g/mol. The summed E-state index contributed by atoms with van der Waals surface area (Å²) in [5, 5.41) is 22.4. The zero-order valence-electron chi connectivity index (χ0n) is 66.8. The van der Waals surface area contributed by atoms with Crippen molar-refractivity contribution in [3.8, 4) is 0 Å². The van der Waals surface area contributed by atoms with Crippen molar-refractivity contribution in [1.82, 2.24) is 70.3 Å². The van der Waals surface area contributed by atoms with E-state index in [4.69, 9.17) is 0 Å². The molecule has 3 aromatic rings. The highest BCUT2D eigenvalue weighted by molar-refractivity contribution is 6.01. The summed E-state index contributed by atoms with van der Waals surface area (Å²) in [7, 11) is 12.0. The van der Waals surface area contributed by atoms with Gasteiger partial charge in [-0.05, 0) is 109 Å². The molecule has 0 aliphatic carbocycles. The molecule has 14 atom stereocenters. The largest absolute Gasteiger partial charge is 0.391 e. The summed E-state index contributed by atoms with van der Waals surface area (Å²) in [6.45, 7) is 18.2. The van der Waals surface area contributed by atoms with Gasteiger partial charge in [0.15, 0.2) is 0 Å². The average Bonchev–Trinajstić information content (AvgIpc) is 0.815. The van der Waals surface area contributed by atoms with Crippen LogP contribution >= 0.6 is 0 Å². The minimum atomic E-state index is -1.87. The van der Waals surface area contributed by atoms with Crippen LogP contribution in [0.3, 0.4) is 0 Å². The number of amides is 14. The van der Waals surface area contributed by atoms with Crippen LogP contribution in [0.4, 0.5) is 0 Å². The molecule has 0 spiro atoms. The van der Waals surface area contributed by atoms with E-state index >= 15 is 19.2 Å². The first kappa shape index (κ1) is 88.8. The van der Waals surface area contributed by atoms with Crippen molar-refractivity contribution in [3.63, 3.8) is 0 Å². The molecule has 14 amide bonds. The van der Waals surface area contributed by atoms with Crippen molar-refractivity contribution in [2.75, 3.05) is 76.5 Å². The number of likely N-dealkylation sites (N-methyl/N-ethyl adjacent to an activating group) is 9. The van der Waals surface area contributed by atoms with Gasteiger partial charge in [-0.25, -0.2) is 0 Å². The fourth-order valence-electron chi connectivity index (χ4n) is 13.4. The van der Waals surface area contributed by atoms with Crippen molar-refractivity contribution in [1.29, 1.82) is 0 Å². The number of carbonyl (C=O) groups excluding carboxylic acids is 14. The number of hydrogen-bond donors (Lipinski definition) is 5. The molecule has 29 heteroatoms. The summed E-state index contributed by atoms with van der Waals surface area (Å²) in [5.41, 5.74) is 1.71. The van der Waals surface area contributed by atoms with Gasteiger partial charge in [-0.15, -0.1) is 0 Å². The fourth-order valence-corrected chi connectivity index (χ4v) is 13.4. The van der Waals surface area contributed by atoms with Crippen molar-refractivity contribution < 1.29 is 72.2 Å². The van der Waals surface area contributed by atoms with Gasteiger partial charge in [0.05, 0.1) is 12.5 Å². The Morgan fingerprint density at radius 1 is 0.463 bits per heavy atom. The molecular formula is C79H118N14O15. The van der Waals surface area contributed by atoms with Crippen molar-refractivity contribution in [3.05, 3.63) is 108 Å². The molecule has 2 saturated heterocycles. The SMILES string of the molecule is CC(C)C[C@H]1C(=O)N(C)[C@@H](C)C(=O)N(C)[C@@H](Cc2ccccc2)C(=O)N[C@@H]([C@@H](C)O)C(=O)N(C)[C@@H](C)C(=O)N(C)[C@@H](Cc2ccccc2)C(=O)N[C@H](C(=O)N(C)[C@@H](Cc2ccccc2)C(=O)N[C@@H](C)C(=O)N2CCCCC2)CC(=O)N(C)[C@@H](C)C(=O)N(C)[C@@H](C)C(=O)N(C)[C@@H](CC(C)C)C(=O)N[C@@H](C)C(=O)N1C. The highest BCUT2D eigenvalue weighted by atomic mass is 16.3. The lowest BCUT2D eigenvalue weighted by molar-refractivity contribution is -0.153. The van der Waals surface area contributed by atoms with Crippen LogP contribution in [0.5, 0.6) is 0 Å². The number of nitrogens with one attached hydrogen (secondary N) is 4. The summed E-state index contributed by atoms with van der Waals surface area (Å²) in [6, 6.07) is 7.68. The van der Waals surface area contributed by atoms with Gasteiger partial charge in [-0.2, -0.15) is 0 Å². The maximum atomic E-state index is 15.7. The van der Waals surface area contributed by atoms with Crippen LogP contribution in [0.1, 0.15) is 131 Å². The second kappa shape index (κ2) is 40.4. The molecule has 108 heavy (non-hydrogen) atoms. The Balaban J connectivity index is 1.68. The van der Waals surface area contributed by atoms with Gasteiger partial charge >= 0.3 is 0 Å². The molecule has 0 bridgehead atoms. The fraction of sp³-hybridized carbons (Fsp3) is 0.595. The zero-order chi connectivity index (χ0) is 81.0. The molecule has 594 valence electrons. The maximum absolute atomic E-state index is 15.7. The number of nitrogens with zero attached hydrogens (tertiary/aromatic N) is 10. The number of rotatable bonds is 16. The minimum Gasteiger partial charge on any atom is -0.391 e. The van der Waals surface area contributed by atoms with E-state index in [0.717, 1.165) is 53.6 Å². The van der Waals surface area contributed by atoms with Gasteiger partial charge in [0.25, 0.3) is 0 Å². The van der Waals surface area contributed by atoms with E-state index in [9.17, 15) is 53.1 Å². The minimum absolute atomic E-state index is 0.0898. The first-order valence-electron chi connectivity index (χ1n) is 37.3. The van der Waals surface area contributed by atoms with Crippen LogP contribution in [-0.4, -0.2) is 298 Å². The van der Waals surface area contributed by atoms with Crippen molar-refractivity contribution in [2.45, 2.75) is 219 Å². The smallest absolute Gasteiger partial charge is 0.248 e. The maximum Gasteiger partial charge on any atom is 0.248 e. The topological polar surface area (TPSA) is 340 Å². The van der Waals surface area contributed by atoms with Crippen LogP contribution < -0.4 is 21.3 Å². The van der Waals surface area contributed by atoms with Crippen molar-refractivity contribution >= 4 is 82.7 Å². The molecule has 2 aliphatic heterocycles. The second-order valence-electron chi connectivity index (χ2n) is 30.0. The normalized spacial score (nSPS) is 25.2. The molecule has 5 rings (SSSR count). The lowest BCUT2D eigenvalue weighted by Gasteiger charge is -2.38. The molecule has 2 fully saturated rings. The Hall–Kier alpha value is -9.80. The van der Waals surface area contributed by atoms with E-state index < -0.39 is 168 Å². The highest BCUT2D eigenvalue weighted by Gasteiger charge is 2.45. The third-order valence-corrected chi connectivity index (χ3v) is 21.1.